The summed E-state index contributed by atoms with van der Waals surface area (Å²) in [6.07, 6.45) is 3.51. The smallest absolute Gasteiger partial charge is 0.248 e. The van der Waals surface area contributed by atoms with Gasteiger partial charge >= 0.3 is 0 Å². The Morgan fingerprint density at radius 1 is 1.20 bits per heavy atom. The second-order valence-electron chi connectivity index (χ2n) is 8.18. The fourth-order valence-electron chi connectivity index (χ4n) is 3.97. The highest BCUT2D eigenvalue weighted by molar-refractivity contribution is 7.89. The van der Waals surface area contributed by atoms with E-state index in [4.69, 9.17) is 9.78 Å². The number of rotatable bonds is 6. The molecule has 0 unspecified atom stereocenters. The molecule has 2 aromatic carbocycles. The summed E-state index contributed by atoms with van der Waals surface area (Å²) in [6.45, 7) is 1.84. The predicted octanol–water partition coefficient (Wildman–Crippen LogP) is 4.20. The number of nitrogens with zero attached hydrogens (tertiary/aromatic N) is 3. The number of carbonyl (C=O) groups excluding carboxylic acids is 1. The number of benzene rings is 2. The van der Waals surface area contributed by atoms with E-state index in [1.807, 2.05) is 6.07 Å². The number of piperidine rings is 1. The van der Waals surface area contributed by atoms with E-state index in [-0.39, 0.29) is 46.8 Å². The van der Waals surface area contributed by atoms with Crippen LogP contribution < -0.4 is 5.32 Å². The molecule has 1 aliphatic heterocycles. The average Bonchev–Trinajstić information content (AvgIpc) is 3.24. The predicted molar refractivity (Wildman–Crippen MR) is 128 cm³/mol. The van der Waals surface area contributed by atoms with Crippen molar-refractivity contribution in [2.24, 2.45) is 5.92 Å². The summed E-state index contributed by atoms with van der Waals surface area (Å²) in [7, 11) is -3.95. The van der Waals surface area contributed by atoms with E-state index in [0.29, 0.717) is 24.1 Å². The van der Waals surface area contributed by atoms with Gasteiger partial charge in [0.25, 0.3) is 0 Å². The van der Waals surface area contributed by atoms with Crippen LogP contribution in [0.15, 0.2) is 57.9 Å². The maximum Gasteiger partial charge on any atom is 0.248 e. The second-order valence-corrected chi connectivity index (χ2v) is 10.1. The van der Waals surface area contributed by atoms with Gasteiger partial charge in [-0.1, -0.05) is 29.4 Å². The van der Waals surface area contributed by atoms with Crippen molar-refractivity contribution in [3.63, 3.8) is 0 Å². The molecule has 180 valence electrons. The summed E-state index contributed by atoms with van der Waals surface area (Å²) < 4.78 is 47.3. The maximum absolute atomic E-state index is 13.9. The summed E-state index contributed by atoms with van der Waals surface area (Å²) in [5.41, 5.74) is 1.45. The Morgan fingerprint density at radius 2 is 1.94 bits per heavy atom. The molecule has 10 heteroatoms. The lowest BCUT2D eigenvalue weighted by molar-refractivity contribution is -0.120. The highest BCUT2D eigenvalue weighted by Gasteiger charge is 2.36. The zero-order valence-corrected chi connectivity index (χ0v) is 19.8. The van der Waals surface area contributed by atoms with Gasteiger partial charge in [0.05, 0.1) is 11.6 Å². The van der Waals surface area contributed by atoms with E-state index < -0.39 is 15.8 Å². The van der Waals surface area contributed by atoms with Crippen LogP contribution in [0.3, 0.4) is 0 Å². The van der Waals surface area contributed by atoms with Gasteiger partial charge < -0.3 is 9.84 Å². The lowest BCUT2D eigenvalue weighted by Gasteiger charge is -2.30. The number of halogens is 1. The quantitative estimate of drug-likeness (QED) is 0.549. The first kappa shape index (κ1) is 24.3. The van der Waals surface area contributed by atoms with E-state index in [0.717, 1.165) is 0 Å². The Bertz CT molecular complexity index is 1420. The number of sulfonamides is 1. The third-order valence-corrected chi connectivity index (χ3v) is 7.89. The van der Waals surface area contributed by atoms with Gasteiger partial charge in [-0.3, -0.25) is 4.79 Å². The number of nitriles is 1. The van der Waals surface area contributed by atoms with Crippen molar-refractivity contribution < 1.29 is 22.1 Å². The molecular weight excluding hydrogens is 471 g/mol. The Labute approximate surface area is 202 Å². The van der Waals surface area contributed by atoms with Crippen molar-refractivity contribution in [2.75, 3.05) is 18.4 Å². The second kappa shape index (κ2) is 10.2. The van der Waals surface area contributed by atoms with E-state index >= 15 is 0 Å². The Morgan fingerprint density at radius 3 is 2.66 bits per heavy atom. The number of aryl methyl sites for hydroxylation is 1. The Balaban J connectivity index is 1.45. The fraction of sp³-hybridized carbons (Fsp3) is 0.240. The largest absolute Gasteiger partial charge is 0.355 e. The van der Waals surface area contributed by atoms with Gasteiger partial charge in [0.2, 0.25) is 15.9 Å². The monoisotopic (exact) mass is 494 g/mol. The lowest BCUT2D eigenvalue weighted by Crippen LogP contribution is -2.41. The van der Waals surface area contributed by atoms with Gasteiger partial charge in [0.1, 0.15) is 11.5 Å². The molecule has 3 aromatic rings. The molecule has 1 fully saturated rings. The topological polar surface area (TPSA) is 116 Å². The van der Waals surface area contributed by atoms with Crippen LogP contribution in [-0.4, -0.2) is 36.9 Å². The molecule has 0 radical (unpaired) electrons. The summed E-state index contributed by atoms with van der Waals surface area (Å²) in [6, 6.07) is 14.7. The van der Waals surface area contributed by atoms with Crippen LogP contribution in [0.5, 0.6) is 0 Å². The van der Waals surface area contributed by atoms with Crippen molar-refractivity contribution in [2.45, 2.75) is 24.7 Å². The highest BCUT2D eigenvalue weighted by Crippen LogP contribution is 2.30. The highest BCUT2D eigenvalue weighted by atomic mass is 32.2. The molecule has 4 rings (SSSR count). The number of aromatic nitrogens is 1. The van der Waals surface area contributed by atoms with Crippen LogP contribution in [0.25, 0.3) is 12.2 Å². The number of hydrogen-bond donors (Lipinski definition) is 1. The van der Waals surface area contributed by atoms with Gasteiger partial charge in [0, 0.05) is 30.3 Å². The normalized spacial score (nSPS) is 15.2. The first-order chi connectivity index (χ1) is 16.8. The molecule has 35 heavy (non-hydrogen) atoms. The number of carbonyl (C=O) groups is 1. The van der Waals surface area contributed by atoms with Gasteiger partial charge in [0.15, 0.2) is 10.7 Å². The van der Waals surface area contributed by atoms with Crippen LogP contribution in [-0.2, 0) is 14.8 Å². The Kier molecular flexibility index (Phi) is 7.10. The minimum Gasteiger partial charge on any atom is -0.355 e. The lowest BCUT2D eigenvalue weighted by atomic mass is 9.97. The van der Waals surface area contributed by atoms with Crippen molar-refractivity contribution >= 4 is 33.8 Å². The summed E-state index contributed by atoms with van der Waals surface area (Å²) in [5.74, 6) is -1.00. The molecule has 2 heterocycles. The number of nitrogens with one attached hydrogen (secondary N) is 1. The maximum atomic E-state index is 13.9. The molecule has 1 amide bonds. The molecule has 8 nitrogen and oxygen atoms in total. The third kappa shape index (κ3) is 5.31. The SMILES string of the molecule is Cc1noc(C=Cc2ccccc2F)c1S(=O)(=O)N1CCC(C(=O)Nc2cccc(C#N)c2)CC1. The molecule has 0 saturated carbocycles. The zero-order chi connectivity index (χ0) is 25.0. The number of anilines is 1. The van der Waals surface area contributed by atoms with Crippen LogP contribution >= 0.6 is 0 Å². The summed E-state index contributed by atoms with van der Waals surface area (Å²) in [5, 5.41) is 15.6. The fourth-order valence-corrected chi connectivity index (χ4v) is 5.69. The molecule has 1 saturated heterocycles. The van der Waals surface area contributed by atoms with E-state index in [9.17, 15) is 17.6 Å². The van der Waals surface area contributed by atoms with Gasteiger partial charge in [-0.2, -0.15) is 9.57 Å². The van der Waals surface area contributed by atoms with E-state index in [1.165, 1.54) is 29.4 Å². The van der Waals surface area contributed by atoms with Gasteiger partial charge in [-0.25, -0.2) is 12.8 Å². The standard InChI is InChI=1S/C25H23FN4O4S/c1-17-24(23(34-29-17)10-9-19-6-2-3-8-22(19)26)35(32,33)30-13-11-20(12-14-30)25(31)28-21-7-4-5-18(15-21)16-27/h2-10,15,20H,11-14H2,1H3,(H,28,31). The van der Waals surface area contributed by atoms with Crippen LogP contribution in [0.4, 0.5) is 10.1 Å². The third-order valence-electron chi connectivity index (χ3n) is 5.83. The van der Waals surface area contributed by atoms with E-state index in [2.05, 4.69) is 10.5 Å². The van der Waals surface area contributed by atoms with Crippen molar-refractivity contribution in [1.29, 1.82) is 5.26 Å². The molecular formula is C25H23FN4O4S. The van der Waals surface area contributed by atoms with Crippen LogP contribution in [0.2, 0.25) is 0 Å². The number of hydrogen-bond acceptors (Lipinski definition) is 6. The summed E-state index contributed by atoms with van der Waals surface area (Å²) >= 11 is 0. The van der Waals surface area contributed by atoms with Gasteiger partial charge in [-0.15, -0.1) is 0 Å². The first-order valence-corrected chi connectivity index (χ1v) is 12.4. The van der Waals surface area contributed by atoms with Crippen molar-refractivity contribution in [3.05, 3.63) is 76.9 Å². The summed E-state index contributed by atoms with van der Waals surface area (Å²) in [4.78, 5) is 12.6. The molecule has 1 aliphatic rings. The average molecular weight is 495 g/mol. The molecule has 0 spiro atoms. The number of amides is 1. The minimum absolute atomic E-state index is 0.0167. The molecule has 0 bridgehead atoms. The van der Waals surface area contributed by atoms with Crippen LogP contribution in [0.1, 0.15) is 35.4 Å². The van der Waals surface area contributed by atoms with Gasteiger partial charge in [-0.05, 0) is 56.2 Å². The minimum atomic E-state index is -3.95. The van der Waals surface area contributed by atoms with E-state index in [1.54, 1.807) is 42.5 Å². The first-order valence-electron chi connectivity index (χ1n) is 11.0. The molecule has 0 atom stereocenters. The zero-order valence-electron chi connectivity index (χ0n) is 18.9. The van der Waals surface area contributed by atoms with Crippen molar-refractivity contribution in [1.82, 2.24) is 9.46 Å². The molecule has 1 N–H and O–H groups in total. The molecule has 0 aliphatic carbocycles. The van der Waals surface area contributed by atoms with Crippen LogP contribution in [0, 0.1) is 30.0 Å². The molecule has 1 aromatic heterocycles. The van der Waals surface area contributed by atoms with Crippen molar-refractivity contribution in [3.8, 4) is 6.07 Å². The Hall–Kier alpha value is -3.81.